The van der Waals surface area contributed by atoms with E-state index < -0.39 is 0 Å². The van der Waals surface area contributed by atoms with Crippen molar-refractivity contribution in [2.24, 2.45) is 5.92 Å². The van der Waals surface area contributed by atoms with Gasteiger partial charge in [-0.15, -0.1) is 0 Å². The average molecular weight is 295 g/mol. The number of esters is 1. The molecule has 0 aromatic carbocycles. The molecule has 0 unspecified atom stereocenters. The van der Waals surface area contributed by atoms with Gasteiger partial charge in [0, 0.05) is 17.5 Å². The molecule has 0 saturated heterocycles. The highest BCUT2D eigenvalue weighted by molar-refractivity contribution is 7.08. The first-order valence-electron chi connectivity index (χ1n) is 6.21. The fraction of sp³-hybridized carbons (Fsp3) is 0.462. The molecule has 0 aliphatic heterocycles. The Hall–Kier alpha value is -1.73. The lowest BCUT2D eigenvalue weighted by Gasteiger charge is -2.17. The first-order chi connectivity index (χ1) is 9.60. The number of rotatable bonds is 6. The van der Waals surface area contributed by atoms with Crippen molar-refractivity contribution in [2.45, 2.75) is 13.5 Å². The number of carbonyl (C=O) groups is 1. The molecule has 1 atom stereocenters. The molecule has 2 aromatic rings. The molecule has 0 radical (unpaired) electrons. The van der Waals surface area contributed by atoms with Crippen LogP contribution in [-0.4, -0.2) is 41.7 Å². The van der Waals surface area contributed by atoms with E-state index in [1.165, 1.54) is 7.11 Å². The van der Waals surface area contributed by atoms with Crippen molar-refractivity contribution in [3.63, 3.8) is 0 Å². The zero-order chi connectivity index (χ0) is 14.5. The smallest absolute Gasteiger partial charge is 0.309 e. The Labute approximate surface area is 121 Å². The molecule has 0 amide bonds. The van der Waals surface area contributed by atoms with E-state index in [1.807, 2.05) is 35.7 Å². The van der Waals surface area contributed by atoms with Crippen molar-refractivity contribution in [2.75, 3.05) is 20.7 Å². The molecule has 0 aliphatic rings. The minimum atomic E-state index is -0.221. The van der Waals surface area contributed by atoms with Gasteiger partial charge in [0.15, 0.2) is 0 Å². The van der Waals surface area contributed by atoms with Crippen molar-refractivity contribution >= 4 is 17.3 Å². The molecule has 6 nitrogen and oxygen atoms in total. The van der Waals surface area contributed by atoms with Gasteiger partial charge in [0.1, 0.15) is 0 Å². The van der Waals surface area contributed by atoms with Crippen LogP contribution in [0, 0.1) is 5.92 Å². The molecule has 0 spiro atoms. The maximum Gasteiger partial charge on any atom is 0.309 e. The highest BCUT2D eigenvalue weighted by atomic mass is 32.1. The van der Waals surface area contributed by atoms with Gasteiger partial charge in [0.25, 0.3) is 0 Å². The van der Waals surface area contributed by atoms with Crippen LogP contribution in [0.3, 0.4) is 0 Å². The minimum absolute atomic E-state index is 0.190. The number of nitrogens with zero attached hydrogens (tertiary/aromatic N) is 3. The van der Waals surface area contributed by atoms with Crippen molar-refractivity contribution in [3.05, 3.63) is 22.7 Å². The summed E-state index contributed by atoms with van der Waals surface area (Å²) in [5, 5.41) is 7.88. The van der Waals surface area contributed by atoms with Gasteiger partial charge < -0.3 is 9.26 Å². The number of aromatic nitrogens is 2. The quantitative estimate of drug-likeness (QED) is 0.760. The highest BCUT2D eigenvalue weighted by Crippen LogP contribution is 2.19. The van der Waals surface area contributed by atoms with E-state index in [-0.39, 0.29) is 11.9 Å². The van der Waals surface area contributed by atoms with Crippen LogP contribution in [0.1, 0.15) is 12.8 Å². The van der Waals surface area contributed by atoms with Crippen LogP contribution in [0.15, 0.2) is 21.3 Å². The maximum atomic E-state index is 11.4. The summed E-state index contributed by atoms with van der Waals surface area (Å²) >= 11 is 1.59. The first kappa shape index (κ1) is 14.7. The van der Waals surface area contributed by atoms with Gasteiger partial charge in [0.2, 0.25) is 11.7 Å². The van der Waals surface area contributed by atoms with Crippen LogP contribution in [0.2, 0.25) is 0 Å². The molecular weight excluding hydrogens is 278 g/mol. The number of hydrogen-bond acceptors (Lipinski definition) is 7. The van der Waals surface area contributed by atoms with E-state index in [4.69, 9.17) is 9.26 Å². The summed E-state index contributed by atoms with van der Waals surface area (Å²) < 4.78 is 9.91. The molecule has 0 saturated carbocycles. The number of carbonyl (C=O) groups excluding carboxylic acids is 1. The Morgan fingerprint density at radius 2 is 2.40 bits per heavy atom. The molecular formula is C13H17N3O3S. The van der Waals surface area contributed by atoms with Crippen LogP contribution in [0.25, 0.3) is 11.4 Å². The molecule has 108 valence electrons. The summed E-state index contributed by atoms with van der Waals surface area (Å²) in [5.74, 6) is 0.715. The molecule has 0 fully saturated rings. The largest absolute Gasteiger partial charge is 0.469 e. The van der Waals surface area contributed by atoms with Gasteiger partial charge in [-0.2, -0.15) is 16.3 Å². The van der Waals surface area contributed by atoms with Gasteiger partial charge in [-0.3, -0.25) is 9.69 Å². The standard InChI is InChI=1S/C13H17N3O3S/c1-9(13(17)18-3)6-16(2)7-11-14-12(15-19-11)10-4-5-20-8-10/h4-5,8-9H,6-7H2,1-3H3/t9-/m0/s1. The third kappa shape index (κ3) is 3.64. The monoisotopic (exact) mass is 295 g/mol. The van der Waals surface area contributed by atoms with Crippen molar-refractivity contribution in [1.82, 2.24) is 15.0 Å². The van der Waals surface area contributed by atoms with Gasteiger partial charge in [-0.1, -0.05) is 12.1 Å². The fourth-order valence-electron chi connectivity index (χ4n) is 1.87. The Bertz CT molecular complexity index is 553. The maximum absolute atomic E-state index is 11.4. The lowest BCUT2D eigenvalue weighted by molar-refractivity contribution is -0.145. The predicted molar refractivity (Wildman–Crippen MR) is 75.1 cm³/mol. The van der Waals surface area contributed by atoms with E-state index in [0.29, 0.717) is 24.8 Å². The number of methoxy groups -OCH3 is 1. The Kier molecular flexibility index (Phi) is 4.86. The van der Waals surface area contributed by atoms with E-state index in [2.05, 4.69) is 10.1 Å². The Balaban J connectivity index is 1.92. The molecule has 7 heteroatoms. The molecule has 0 bridgehead atoms. The lowest BCUT2D eigenvalue weighted by atomic mass is 10.2. The van der Waals surface area contributed by atoms with Crippen LogP contribution < -0.4 is 0 Å². The SMILES string of the molecule is COC(=O)[C@@H](C)CN(C)Cc1nc(-c2ccsc2)no1. The molecule has 0 aliphatic carbocycles. The Morgan fingerprint density at radius 3 is 3.05 bits per heavy atom. The summed E-state index contributed by atoms with van der Waals surface area (Å²) in [6, 6.07) is 1.95. The summed E-state index contributed by atoms with van der Waals surface area (Å²) in [6.45, 7) is 2.90. The van der Waals surface area contributed by atoms with E-state index in [0.717, 1.165) is 5.56 Å². The number of thiophene rings is 1. The zero-order valence-corrected chi connectivity index (χ0v) is 12.5. The molecule has 20 heavy (non-hydrogen) atoms. The molecule has 2 aromatic heterocycles. The molecule has 2 heterocycles. The highest BCUT2D eigenvalue weighted by Gasteiger charge is 2.17. The van der Waals surface area contributed by atoms with E-state index in [1.54, 1.807) is 11.3 Å². The van der Waals surface area contributed by atoms with Crippen molar-refractivity contribution in [1.29, 1.82) is 0 Å². The van der Waals surface area contributed by atoms with Crippen molar-refractivity contribution < 1.29 is 14.1 Å². The molecule has 2 rings (SSSR count). The minimum Gasteiger partial charge on any atom is -0.469 e. The average Bonchev–Trinajstić information content (AvgIpc) is 3.07. The van der Waals surface area contributed by atoms with Gasteiger partial charge in [-0.05, 0) is 18.5 Å². The first-order valence-corrected chi connectivity index (χ1v) is 7.16. The second-order valence-corrected chi connectivity index (χ2v) is 5.42. The third-order valence-electron chi connectivity index (χ3n) is 2.84. The lowest BCUT2D eigenvalue weighted by Crippen LogP contribution is -2.29. The predicted octanol–water partition coefficient (Wildman–Crippen LogP) is 2.04. The van der Waals surface area contributed by atoms with E-state index in [9.17, 15) is 4.79 Å². The second-order valence-electron chi connectivity index (χ2n) is 4.64. The normalized spacial score (nSPS) is 12.6. The summed E-state index contributed by atoms with van der Waals surface area (Å²) in [4.78, 5) is 17.6. The van der Waals surface area contributed by atoms with Crippen LogP contribution in [-0.2, 0) is 16.1 Å². The van der Waals surface area contributed by atoms with Crippen LogP contribution >= 0.6 is 11.3 Å². The van der Waals surface area contributed by atoms with Gasteiger partial charge in [0.05, 0.1) is 19.6 Å². The zero-order valence-electron chi connectivity index (χ0n) is 11.7. The number of hydrogen-bond donors (Lipinski definition) is 0. The topological polar surface area (TPSA) is 68.5 Å². The fourth-order valence-corrected chi connectivity index (χ4v) is 2.50. The van der Waals surface area contributed by atoms with Gasteiger partial charge in [-0.25, -0.2) is 0 Å². The summed E-state index contributed by atoms with van der Waals surface area (Å²) in [6.07, 6.45) is 0. The molecule has 0 N–H and O–H groups in total. The van der Waals surface area contributed by atoms with Crippen LogP contribution in [0.4, 0.5) is 0 Å². The third-order valence-corrected chi connectivity index (χ3v) is 3.52. The summed E-state index contributed by atoms with van der Waals surface area (Å²) in [7, 11) is 3.29. The summed E-state index contributed by atoms with van der Waals surface area (Å²) in [5.41, 5.74) is 0.954. The van der Waals surface area contributed by atoms with E-state index >= 15 is 0 Å². The second kappa shape index (κ2) is 6.62. The Morgan fingerprint density at radius 1 is 1.60 bits per heavy atom. The number of ether oxygens (including phenoxy) is 1. The van der Waals surface area contributed by atoms with Crippen molar-refractivity contribution in [3.8, 4) is 11.4 Å². The van der Waals surface area contributed by atoms with Crippen LogP contribution in [0.5, 0.6) is 0 Å². The van der Waals surface area contributed by atoms with Gasteiger partial charge >= 0.3 is 5.97 Å².